The highest BCUT2D eigenvalue weighted by Crippen LogP contribution is 2.24. The van der Waals surface area contributed by atoms with E-state index < -0.39 is 14.9 Å². The minimum absolute atomic E-state index is 0.110. The summed E-state index contributed by atoms with van der Waals surface area (Å²) in [4.78, 5) is 10.3. The van der Waals surface area contributed by atoms with Crippen LogP contribution in [0.4, 0.5) is 5.69 Å². The number of nitrogens with two attached hydrogens (primary N) is 1. The van der Waals surface area contributed by atoms with Crippen LogP contribution in [0.15, 0.2) is 23.1 Å². The fourth-order valence-electron chi connectivity index (χ4n) is 2.03. The molecule has 8 heteroatoms. The molecule has 0 heterocycles. The zero-order chi connectivity index (χ0) is 15.3. The van der Waals surface area contributed by atoms with E-state index >= 15 is 0 Å². The van der Waals surface area contributed by atoms with Crippen LogP contribution >= 0.6 is 0 Å². The first-order valence-corrected chi connectivity index (χ1v) is 7.81. The third-order valence-corrected chi connectivity index (χ3v) is 4.00. The number of nitrogens with one attached hydrogen (secondary N) is 1. The van der Waals surface area contributed by atoms with Crippen LogP contribution in [0.3, 0.4) is 0 Å². The number of hydrogen-bond donors (Lipinski definition) is 2. The molecule has 112 valence electrons. The van der Waals surface area contributed by atoms with Crippen molar-refractivity contribution in [1.29, 1.82) is 0 Å². The van der Waals surface area contributed by atoms with Crippen molar-refractivity contribution in [3.63, 3.8) is 0 Å². The van der Waals surface area contributed by atoms with Crippen molar-refractivity contribution in [2.45, 2.75) is 37.1 Å². The van der Waals surface area contributed by atoms with Crippen LogP contribution in [-0.4, -0.2) is 26.4 Å². The van der Waals surface area contributed by atoms with E-state index in [4.69, 9.17) is 5.14 Å². The Morgan fingerprint density at radius 2 is 2.10 bits per heavy atom. The van der Waals surface area contributed by atoms with Crippen molar-refractivity contribution in [2.24, 2.45) is 5.14 Å². The molecule has 0 saturated carbocycles. The lowest BCUT2D eigenvalue weighted by molar-refractivity contribution is -0.385. The first-order chi connectivity index (χ1) is 9.29. The maximum Gasteiger partial charge on any atom is 0.273 e. The van der Waals surface area contributed by atoms with Gasteiger partial charge >= 0.3 is 0 Å². The zero-order valence-electron chi connectivity index (χ0n) is 11.5. The highest BCUT2D eigenvalue weighted by molar-refractivity contribution is 7.89. The summed E-state index contributed by atoms with van der Waals surface area (Å²) in [5.74, 6) is 0. The second-order valence-corrected chi connectivity index (χ2v) is 6.13. The number of likely N-dealkylation sites (N-methyl/N-ethyl adjacent to an activating group) is 1. The lowest BCUT2D eigenvalue weighted by atomic mass is 10.0. The fraction of sp³-hybridized carbons (Fsp3) is 0.500. The Labute approximate surface area is 118 Å². The minimum atomic E-state index is -3.94. The summed E-state index contributed by atoms with van der Waals surface area (Å²) >= 11 is 0. The predicted molar refractivity (Wildman–Crippen MR) is 75.9 cm³/mol. The van der Waals surface area contributed by atoms with Gasteiger partial charge in [0.15, 0.2) is 0 Å². The van der Waals surface area contributed by atoms with Gasteiger partial charge in [0.2, 0.25) is 10.0 Å². The second-order valence-electron chi connectivity index (χ2n) is 4.57. The fourth-order valence-corrected chi connectivity index (χ4v) is 2.56. The molecule has 0 amide bonds. The SMILES string of the molecule is CCCC(Cc1ccc(S(N)(=O)=O)cc1[N+](=O)[O-])NC. The summed E-state index contributed by atoms with van der Waals surface area (Å²) in [6, 6.07) is 3.89. The molecule has 1 unspecified atom stereocenters. The monoisotopic (exact) mass is 301 g/mol. The standard InChI is InChI=1S/C12H19N3O4S/c1-3-4-10(14-2)7-9-5-6-11(20(13,18)19)8-12(9)15(16)17/h5-6,8,10,14H,3-4,7H2,1-2H3,(H2,13,18,19). The van der Waals surface area contributed by atoms with Crippen molar-refractivity contribution >= 4 is 15.7 Å². The molecule has 1 aromatic carbocycles. The number of hydrogen-bond acceptors (Lipinski definition) is 5. The first-order valence-electron chi connectivity index (χ1n) is 6.27. The Morgan fingerprint density at radius 3 is 2.55 bits per heavy atom. The number of rotatable bonds is 7. The van der Waals surface area contributed by atoms with Gasteiger partial charge in [-0.2, -0.15) is 0 Å². The van der Waals surface area contributed by atoms with E-state index in [0.717, 1.165) is 18.9 Å². The Kier molecular flexibility index (Phi) is 5.61. The van der Waals surface area contributed by atoms with Gasteiger partial charge in [-0.1, -0.05) is 19.4 Å². The van der Waals surface area contributed by atoms with E-state index in [0.29, 0.717) is 12.0 Å². The van der Waals surface area contributed by atoms with Gasteiger partial charge < -0.3 is 5.32 Å². The molecule has 0 aliphatic rings. The molecule has 0 radical (unpaired) electrons. The molecule has 0 bridgehead atoms. The molecule has 0 fully saturated rings. The summed E-state index contributed by atoms with van der Waals surface area (Å²) in [5.41, 5.74) is 0.281. The third kappa shape index (κ3) is 4.26. The summed E-state index contributed by atoms with van der Waals surface area (Å²) in [7, 11) is -2.14. The lowest BCUT2D eigenvalue weighted by Gasteiger charge is -2.15. The van der Waals surface area contributed by atoms with Crippen LogP contribution in [0.5, 0.6) is 0 Å². The molecule has 7 nitrogen and oxygen atoms in total. The van der Waals surface area contributed by atoms with E-state index in [1.807, 2.05) is 6.92 Å². The van der Waals surface area contributed by atoms with Crippen LogP contribution in [-0.2, 0) is 16.4 Å². The average Bonchev–Trinajstić information content (AvgIpc) is 2.36. The molecule has 20 heavy (non-hydrogen) atoms. The summed E-state index contributed by atoms with van der Waals surface area (Å²) in [5, 5.41) is 19.2. The lowest BCUT2D eigenvalue weighted by Crippen LogP contribution is -2.27. The highest BCUT2D eigenvalue weighted by Gasteiger charge is 2.20. The minimum Gasteiger partial charge on any atom is -0.317 e. The smallest absolute Gasteiger partial charge is 0.273 e. The molecule has 0 aromatic heterocycles. The molecule has 1 rings (SSSR count). The van der Waals surface area contributed by atoms with E-state index in [9.17, 15) is 18.5 Å². The Balaban J connectivity index is 3.17. The molecule has 0 aliphatic heterocycles. The second kappa shape index (κ2) is 6.78. The summed E-state index contributed by atoms with van der Waals surface area (Å²) in [6.45, 7) is 2.03. The van der Waals surface area contributed by atoms with Crippen LogP contribution in [0.25, 0.3) is 0 Å². The zero-order valence-corrected chi connectivity index (χ0v) is 12.3. The van der Waals surface area contributed by atoms with Gasteiger partial charge in [-0.25, -0.2) is 13.6 Å². The van der Waals surface area contributed by atoms with Crippen molar-refractivity contribution in [1.82, 2.24) is 5.32 Å². The summed E-state index contributed by atoms with van der Waals surface area (Å²) in [6.07, 6.45) is 2.30. The maximum absolute atomic E-state index is 11.2. The van der Waals surface area contributed by atoms with Crippen LogP contribution in [0, 0.1) is 10.1 Å². The molecular formula is C12H19N3O4S. The Bertz CT molecular complexity index is 586. The predicted octanol–water partition coefficient (Wildman–Crippen LogP) is 1.17. The van der Waals surface area contributed by atoms with Gasteiger partial charge in [0.25, 0.3) is 5.69 Å². The van der Waals surface area contributed by atoms with E-state index in [-0.39, 0.29) is 16.6 Å². The molecule has 0 saturated heterocycles. The molecule has 3 N–H and O–H groups in total. The number of benzene rings is 1. The maximum atomic E-state index is 11.2. The highest BCUT2D eigenvalue weighted by atomic mass is 32.2. The van der Waals surface area contributed by atoms with Crippen LogP contribution in [0.1, 0.15) is 25.3 Å². The van der Waals surface area contributed by atoms with Gasteiger partial charge in [-0.15, -0.1) is 0 Å². The van der Waals surface area contributed by atoms with Crippen LogP contribution < -0.4 is 10.5 Å². The molecule has 0 aliphatic carbocycles. The van der Waals surface area contributed by atoms with E-state index in [1.54, 1.807) is 7.05 Å². The van der Waals surface area contributed by atoms with Gasteiger partial charge in [-0.05, 0) is 26.0 Å². The number of sulfonamides is 1. The van der Waals surface area contributed by atoms with E-state index in [1.165, 1.54) is 12.1 Å². The summed E-state index contributed by atoms with van der Waals surface area (Å²) < 4.78 is 22.5. The topological polar surface area (TPSA) is 115 Å². The molecule has 1 atom stereocenters. The number of nitrogens with zero attached hydrogens (tertiary/aromatic N) is 1. The average molecular weight is 301 g/mol. The van der Waals surface area contributed by atoms with Crippen molar-refractivity contribution in [2.75, 3.05) is 7.05 Å². The van der Waals surface area contributed by atoms with Gasteiger partial charge in [0.05, 0.1) is 9.82 Å². The quantitative estimate of drug-likeness (QED) is 0.579. The largest absolute Gasteiger partial charge is 0.317 e. The molecular weight excluding hydrogens is 282 g/mol. The van der Waals surface area contributed by atoms with Crippen molar-refractivity contribution < 1.29 is 13.3 Å². The van der Waals surface area contributed by atoms with Gasteiger partial charge in [0.1, 0.15) is 0 Å². The third-order valence-electron chi connectivity index (χ3n) is 3.09. The molecule has 1 aromatic rings. The van der Waals surface area contributed by atoms with Gasteiger partial charge in [-0.3, -0.25) is 10.1 Å². The van der Waals surface area contributed by atoms with Crippen LogP contribution in [0.2, 0.25) is 0 Å². The Morgan fingerprint density at radius 1 is 1.45 bits per heavy atom. The normalized spacial score (nSPS) is 13.2. The van der Waals surface area contributed by atoms with Crippen molar-refractivity contribution in [3.05, 3.63) is 33.9 Å². The van der Waals surface area contributed by atoms with Crippen molar-refractivity contribution in [3.8, 4) is 0 Å². The number of nitro groups is 1. The number of nitro benzene ring substituents is 1. The van der Waals surface area contributed by atoms with Gasteiger partial charge in [0, 0.05) is 17.7 Å². The van der Waals surface area contributed by atoms with E-state index in [2.05, 4.69) is 5.32 Å². The number of primary sulfonamides is 1. The molecule has 0 spiro atoms. The Hall–Kier alpha value is -1.51. The first kappa shape index (κ1) is 16.5.